The van der Waals surface area contributed by atoms with Crippen LogP contribution in [-0.2, 0) is 17.6 Å². The predicted molar refractivity (Wildman–Crippen MR) is 180 cm³/mol. The lowest BCUT2D eigenvalue weighted by molar-refractivity contribution is 0.0249. The number of aromatic nitrogens is 2. The smallest absolute Gasteiger partial charge is 0.410 e. The second kappa shape index (κ2) is 15.0. The molecule has 4 rings (SSSR count). The second-order valence-electron chi connectivity index (χ2n) is 11.9. The van der Waals surface area contributed by atoms with Gasteiger partial charge in [-0.3, -0.25) is 9.78 Å². The first-order chi connectivity index (χ1) is 21.0. The van der Waals surface area contributed by atoms with Crippen molar-refractivity contribution >= 4 is 46.1 Å². The number of aryl methyl sites for hydroxylation is 1. The number of carbonyl (C=O) groups is 2. The van der Waals surface area contributed by atoms with Gasteiger partial charge in [0.2, 0.25) is 0 Å². The van der Waals surface area contributed by atoms with Gasteiger partial charge in [0.25, 0.3) is 5.91 Å². The Balaban J connectivity index is 1.66. The van der Waals surface area contributed by atoms with Gasteiger partial charge in [0, 0.05) is 76.3 Å². The van der Waals surface area contributed by atoms with Crippen LogP contribution in [0.5, 0.6) is 0 Å². The molecule has 4 aromatic rings. The Morgan fingerprint density at radius 2 is 1.64 bits per heavy atom. The van der Waals surface area contributed by atoms with E-state index in [9.17, 15) is 9.59 Å². The summed E-state index contributed by atoms with van der Waals surface area (Å²) in [4.78, 5) is 38.0. The fourth-order valence-corrected chi connectivity index (χ4v) is 5.85. The van der Waals surface area contributed by atoms with E-state index in [1.54, 1.807) is 22.1 Å². The van der Waals surface area contributed by atoms with Gasteiger partial charge in [0.1, 0.15) is 5.60 Å². The van der Waals surface area contributed by atoms with Crippen LogP contribution in [0.2, 0.25) is 10.0 Å². The Bertz CT molecular complexity index is 1560. The van der Waals surface area contributed by atoms with Crippen LogP contribution >= 0.6 is 23.2 Å². The number of pyridine rings is 1. The molecule has 7 nitrogen and oxygen atoms in total. The Morgan fingerprint density at radius 3 is 2.27 bits per heavy atom. The number of aromatic amines is 1. The lowest BCUT2D eigenvalue weighted by atomic mass is 10.0. The number of fused-ring (bicyclic) bond motifs is 1. The summed E-state index contributed by atoms with van der Waals surface area (Å²) in [6, 6.07) is 15.2. The number of carbonyl (C=O) groups excluding carboxylic acids is 2. The van der Waals surface area contributed by atoms with Gasteiger partial charge < -0.3 is 19.5 Å². The van der Waals surface area contributed by atoms with Crippen molar-refractivity contribution in [3.05, 3.63) is 87.7 Å². The Hall–Kier alpha value is -3.55. The first kappa shape index (κ1) is 33.3. The van der Waals surface area contributed by atoms with Crippen LogP contribution in [-0.4, -0.2) is 63.5 Å². The number of benzene rings is 2. The third-order valence-corrected chi connectivity index (χ3v) is 7.94. The highest BCUT2D eigenvalue weighted by Gasteiger charge is 2.24. The second-order valence-corrected chi connectivity index (χ2v) is 12.8. The zero-order valence-electron chi connectivity index (χ0n) is 26.3. The fourth-order valence-electron chi connectivity index (χ4n) is 5.32. The highest BCUT2D eigenvalue weighted by atomic mass is 35.5. The maximum atomic E-state index is 13.4. The van der Waals surface area contributed by atoms with E-state index in [2.05, 4.69) is 16.0 Å². The molecule has 0 aliphatic carbocycles. The predicted octanol–water partition coefficient (Wildman–Crippen LogP) is 8.82. The lowest BCUT2D eigenvalue weighted by Crippen LogP contribution is -2.38. The van der Waals surface area contributed by atoms with E-state index in [1.165, 1.54) is 5.56 Å². The van der Waals surface area contributed by atoms with E-state index >= 15 is 0 Å². The normalized spacial score (nSPS) is 11.5. The SMILES string of the molecule is CCN(CC)C(=O)c1ccc2[nH]c(-c3cc(Cl)cc(Cl)c3)c(CCN(CCCCc3cccnc3)C(=O)OC(C)(C)C)c2c1. The number of halogens is 2. The van der Waals surface area contributed by atoms with Gasteiger partial charge in [-0.05, 0) is 114 Å². The van der Waals surface area contributed by atoms with Gasteiger partial charge in [-0.15, -0.1) is 0 Å². The molecular weight excluding hydrogens is 595 g/mol. The Morgan fingerprint density at radius 1 is 0.909 bits per heavy atom. The van der Waals surface area contributed by atoms with E-state index in [4.69, 9.17) is 27.9 Å². The van der Waals surface area contributed by atoms with Gasteiger partial charge >= 0.3 is 6.09 Å². The zero-order valence-corrected chi connectivity index (χ0v) is 27.8. The molecule has 2 aromatic carbocycles. The third kappa shape index (κ3) is 8.76. The van der Waals surface area contributed by atoms with Gasteiger partial charge in [-0.25, -0.2) is 4.79 Å². The molecule has 1 N–H and O–H groups in total. The zero-order chi connectivity index (χ0) is 31.9. The van der Waals surface area contributed by atoms with Gasteiger partial charge in [-0.1, -0.05) is 29.3 Å². The molecule has 0 spiro atoms. The van der Waals surface area contributed by atoms with Crippen molar-refractivity contribution in [2.24, 2.45) is 0 Å². The molecule has 0 aliphatic rings. The summed E-state index contributed by atoms with van der Waals surface area (Å²) >= 11 is 12.8. The molecule has 234 valence electrons. The van der Waals surface area contributed by atoms with Crippen LogP contribution in [0, 0.1) is 0 Å². The third-order valence-electron chi connectivity index (χ3n) is 7.50. The highest BCUT2D eigenvalue weighted by Crippen LogP contribution is 2.35. The molecule has 44 heavy (non-hydrogen) atoms. The van der Waals surface area contributed by atoms with Crippen molar-refractivity contribution in [3.8, 4) is 11.3 Å². The molecule has 0 atom stereocenters. The summed E-state index contributed by atoms with van der Waals surface area (Å²) in [5, 5.41) is 1.98. The Kier molecular flexibility index (Phi) is 11.3. The van der Waals surface area contributed by atoms with Crippen LogP contribution in [0.1, 0.15) is 68.9 Å². The van der Waals surface area contributed by atoms with E-state index in [1.807, 2.05) is 77.2 Å². The van der Waals surface area contributed by atoms with E-state index in [0.717, 1.165) is 47.0 Å². The number of ether oxygens (including phenoxy) is 1. The molecule has 0 unspecified atom stereocenters. The quantitative estimate of drug-likeness (QED) is 0.158. The van der Waals surface area contributed by atoms with Crippen molar-refractivity contribution < 1.29 is 14.3 Å². The summed E-state index contributed by atoms with van der Waals surface area (Å²) in [5.41, 5.74) is 4.75. The van der Waals surface area contributed by atoms with Crippen LogP contribution < -0.4 is 0 Å². The van der Waals surface area contributed by atoms with Crippen molar-refractivity contribution in [3.63, 3.8) is 0 Å². The van der Waals surface area contributed by atoms with Crippen LogP contribution in [0.4, 0.5) is 4.79 Å². The number of H-pyrrole nitrogens is 1. The minimum absolute atomic E-state index is 0.0135. The summed E-state index contributed by atoms with van der Waals surface area (Å²) in [7, 11) is 0. The van der Waals surface area contributed by atoms with Crippen molar-refractivity contribution in [2.45, 2.75) is 65.9 Å². The molecule has 0 fully saturated rings. The minimum Gasteiger partial charge on any atom is -0.444 e. The van der Waals surface area contributed by atoms with Crippen molar-refractivity contribution in [1.29, 1.82) is 0 Å². The molecule has 2 amide bonds. The van der Waals surface area contributed by atoms with Gasteiger partial charge in [0.05, 0.1) is 0 Å². The number of nitrogens with zero attached hydrogens (tertiary/aromatic N) is 3. The highest BCUT2D eigenvalue weighted by molar-refractivity contribution is 6.35. The average molecular weight is 638 g/mol. The first-order valence-electron chi connectivity index (χ1n) is 15.3. The van der Waals surface area contributed by atoms with Gasteiger partial charge in [-0.2, -0.15) is 0 Å². The number of amides is 2. The molecule has 0 saturated heterocycles. The summed E-state index contributed by atoms with van der Waals surface area (Å²) in [5.74, 6) is -0.0135. The van der Waals surface area contributed by atoms with Crippen LogP contribution in [0.15, 0.2) is 60.9 Å². The average Bonchev–Trinajstić information content (AvgIpc) is 3.34. The fraction of sp³-hybridized carbons (Fsp3) is 0.400. The summed E-state index contributed by atoms with van der Waals surface area (Å²) in [6.07, 6.45) is 6.47. The molecular formula is C35H42Cl2N4O3. The summed E-state index contributed by atoms with van der Waals surface area (Å²) in [6.45, 7) is 11.8. The lowest BCUT2D eigenvalue weighted by Gasteiger charge is -2.27. The molecule has 2 aromatic heterocycles. The van der Waals surface area contributed by atoms with Crippen LogP contribution in [0.25, 0.3) is 22.2 Å². The number of nitrogens with one attached hydrogen (secondary N) is 1. The largest absolute Gasteiger partial charge is 0.444 e. The van der Waals surface area contributed by atoms with E-state index in [-0.39, 0.29) is 12.0 Å². The maximum absolute atomic E-state index is 13.4. The minimum atomic E-state index is -0.617. The molecule has 9 heteroatoms. The molecule has 2 heterocycles. The van der Waals surface area contributed by atoms with Gasteiger partial charge in [0.15, 0.2) is 0 Å². The molecule has 0 saturated carbocycles. The van der Waals surface area contributed by atoms with Crippen molar-refractivity contribution in [1.82, 2.24) is 19.8 Å². The number of hydrogen-bond donors (Lipinski definition) is 1. The molecule has 0 bridgehead atoms. The summed E-state index contributed by atoms with van der Waals surface area (Å²) < 4.78 is 5.80. The molecule has 0 radical (unpaired) electrons. The number of hydrogen-bond acceptors (Lipinski definition) is 4. The van der Waals surface area contributed by atoms with E-state index < -0.39 is 5.60 Å². The Labute approximate surface area is 270 Å². The monoisotopic (exact) mass is 636 g/mol. The molecule has 0 aliphatic heterocycles. The number of unbranched alkanes of at least 4 members (excludes halogenated alkanes) is 1. The van der Waals surface area contributed by atoms with E-state index in [0.29, 0.717) is 48.2 Å². The topological polar surface area (TPSA) is 78.5 Å². The standard InChI is InChI=1S/C35H42Cl2N4O3/c1-6-40(7-2)33(42)25-13-14-31-30(21-25)29(32(39-31)26-19-27(36)22-28(37)20-26)15-18-41(34(43)44-35(3,4)5)17-9-8-11-24-12-10-16-38-23-24/h10,12-14,16,19-23,39H,6-9,11,15,17-18H2,1-5H3. The number of rotatable bonds is 12. The van der Waals surface area contributed by atoms with Crippen molar-refractivity contribution in [2.75, 3.05) is 26.2 Å². The van der Waals surface area contributed by atoms with Crippen LogP contribution in [0.3, 0.4) is 0 Å². The first-order valence-corrected chi connectivity index (χ1v) is 16.0. The maximum Gasteiger partial charge on any atom is 0.410 e.